The first kappa shape index (κ1) is 49.6. The van der Waals surface area contributed by atoms with E-state index in [1.54, 1.807) is 31.1 Å². The van der Waals surface area contributed by atoms with Gasteiger partial charge in [0.15, 0.2) is 0 Å². The topological polar surface area (TPSA) is 0 Å². The number of rotatable bonds is 7. The third-order valence-electron chi connectivity index (χ3n) is 11.6. The fourth-order valence-corrected chi connectivity index (χ4v) is 24.1. The molecular weight excluding hydrogens is 771 g/mol. The van der Waals surface area contributed by atoms with E-state index >= 15 is 0 Å². The zero-order valence-corrected chi connectivity index (χ0v) is 42.4. The summed E-state index contributed by atoms with van der Waals surface area (Å²) < 4.78 is 0. The van der Waals surface area contributed by atoms with E-state index in [9.17, 15) is 0 Å². The number of aryl methyl sites for hydroxylation is 6. The second-order valence-corrected chi connectivity index (χ2v) is 37.3. The summed E-state index contributed by atoms with van der Waals surface area (Å²) in [5.74, 6) is 0. The van der Waals surface area contributed by atoms with E-state index in [1.807, 2.05) is 0 Å². The van der Waals surface area contributed by atoms with Crippen LogP contribution in [-0.2, 0) is 21.7 Å². The maximum absolute atomic E-state index is 4.35. The maximum atomic E-state index is 4.35. The van der Waals surface area contributed by atoms with Gasteiger partial charge in [-0.05, 0) is 74.9 Å². The van der Waals surface area contributed by atoms with Gasteiger partial charge in [0.05, 0.1) is 24.2 Å². The van der Waals surface area contributed by atoms with Crippen LogP contribution in [0.5, 0.6) is 0 Å². The number of benzene rings is 3. The zero-order valence-electron chi connectivity index (χ0n) is 34.6. The predicted molar refractivity (Wildman–Crippen MR) is 221 cm³/mol. The Morgan fingerprint density at radius 2 is 0.640 bits per heavy atom. The van der Waals surface area contributed by atoms with Gasteiger partial charge < -0.3 is 37.2 Å². The molecule has 50 heavy (non-hydrogen) atoms. The Morgan fingerprint density at radius 1 is 0.420 bits per heavy atom. The Balaban J connectivity index is 0.00000600. The Hall–Kier alpha value is -0.408. The summed E-state index contributed by atoms with van der Waals surface area (Å²) in [7, 11) is -8.42. The van der Waals surface area contributed by atoms with E-state index < -0.39 is 32.3 Å². The van der Waals surface area contributed by atoms with Crippen LogP contribution in [0.1, 0.15) is 61.1 Å². The van der Waals surface area contributed by atoms with Gasteiger partial charge in [0, 0.05) is 0 Å². The number of hydrogen-bond donors (Lipinski definition) is 0. The van der Waals surface area contributed by atoms with Crippen LogP contribution in [0, 0.1) is 47.6 Å². The van der Waals surface area contributed by atoms with Crippen molar-refractivity contribution in [2.45, 2.75) is 133 Å². The summed E-state index contributed by atoms with van der Waals surface area (Å²) in [6.45, 7) is 47.1. The second kappa shape index (κ2) is 16.5. The quantitative estimate of drug-likeness (QED) is 0.172. The van der Waals surface area contributed by atoms with Gasteiger partial charge in [0.2, 0.25) is 0 Å². The van der Waals surface area contributed by atoms with Crippen molar-refractivity contribution in [3.63, 3.8) is 0 Å². The summed E-state index contributed by atoms with van der Waals surface area (Å²) in [6, 6.07) is 16.0. The fraction of sp³-hybridized carbons (Fsp3) is 0.476. The first-order valence-corrected chi connectivity index (χ1v) is 30.0. The third-order valence-corrected chi connectivity index (χ3v) is 24.1. The van der Waals surface area contributed by atoms with Crippen LogP contribution in [0.3, 0.4) is 0 Å². The molecule has 0 saturated carbocycles. The van der Waals surface area contributed by atoms with Gasteiger partial charge in [-0.25, -0.2) is 5.57 Å². The Kier molecular flexibility index (Phi) is 16.4. The van der Waals surface area contributed by atoms with Crippen molar-refractivity contribution >= 4 is 63.4 Å². The molecule has 0 aromatic heterocycles. The molecule has 1 aliphatic carbocycles. The van der Waals surface area contributed by atoms with Crippen molar-refractivity contribution < 1.29 is 58.9 Å². The van der Waals surface area contributed by atoms with Gasteiger partial charge in [0.1, 0.15) is 8.07 Å². The first-order chi connectivity index (χ1) is 20.8. The molecule has 8 heteroatoms. The van der Waals surface area contributed by atoms with E-state index in [0.717, 1.165) is 0 Å². The van der Waals surface area contributed by atoms with Crippen LogP contribution >= 0.6 is 0 Å². The summed E-state index contributed by atoms with van der Waals surface area (Å²) in [5, 5.41) is 9.70. The molecule has 0 bridgehead atoms. The van der Waals surface area contributed by atoms with E-state index in [-0.39, 0.29) is 64.0 Å². The number of halogens is 3. The average molecular weight is 835 g/mol. The van der Waals surface area contributed by atoms with Gasteiger partial charge >= 0.3 is 21.7 Å². The smallest absolute Gasteiger partial charge is 1.00 e. The van der Waals surface area contributed by atoms with Crippen LogP contribution in [0.15, 0.2) is 53.1 Å². The average Bonchev–Trinajstić information content (AvgIpc) is 3.10. The number of allylic oxidation sites excluding steroid dienone is 4. The molecule has 0 spiro atoms. The van der Waals surface area contributed by atoms with Gasteiger partial charge in [-0.15, -0.1) is 6.92 Å². The van der Waals surface area contributed by atoms with Gasteiger partial charge in [-0.1, -0.05) is 152 Å². The molecular formula is C42H63Cl3Si4Ti. The van der Waals surface area contributed by atoms with Crippen molar-refractivity contribution in [1.29, 1.82) is 0 Å². The predicted octanol–water partition coefficient (Wildman–Crippen LogP) is -0.488. The molecule has 0 N–H and O–H groups in total. The third kappa shape index (κ3) is 8.30. The molecule has 0 amide bonds. The molecule has 0 aliphatic heterocycles. The number of hydrogen-bond acceptors (Lipinski definition) is 0. The summed E-state index contributed by atoms with van der Waals surface area (Å²) in [4.78, 5) is 0. The summed E-state index contributed by atoms with van der Waals surface area (Å²) >= 11 is 0. The van der Waals surface area contributed by atoms with Crippen LogP contribution < -0.4 is 68.3 Å². The Bertz CT molecular complexity index is 1640. The molecule has 1 aliphatic rings. The van der Waals surface area contributed by atoms with Crippen molar-refractivity contribution in [3.8, 4) is 0 Å². The SMILES string of the molecule is CC1=[C-]C(C)([Si](c2cc(C)c(C)cc2[Si](C)(C)C)(c2cc(C)c(C)cc2[Si](C)(C)C)c2cc(C)c(C)cc2[Si](C)(C)C)C(C)=C1C.[Cl-].[Cl-].[Cl-].[Ti+4]. The minimum Gasteiger partial charge on any atom is -1.00 e. The van der Waals surface area contributed by atoms with Crippen molar-refractivity contribution in [3.05, 3.63) is 92.6 Å². The van der Waals surface area contributed by atoms with Crippen molar-refractivity contribution in [2.75, 3.05) is 0 Å². The zero-order chi connectivity index (χ0) is 35.1. The summed E-state index contributed by atoms with van der Waals surface area (Å²) in [6.07, 6.45) is 4.35. The van der Waals surface area contributed by atoms with Crippen LogP contribution in [0.2, 0.25) is 64.0 Å². The minimum atomic E-state index is -2.97. The standard InChI is InChI=1S/C42H63Si4.3ClH.Ti/c1-27-20-36(43(11,12)13)39(23-30(27)4)46(42(10)26-33(7)34(8)35(42)9,40-24-31(5)28(2)21-37(40)44(14,15)16)41-25-32(6)29(3)22-38(41)45(17,18)19;;;;/h20-25H,1-19H3;3*1H;/q-1;;;;+4/p-3. The van der Waals surface area contributed by atoms with E-state index in [1.165, 1.54) is 50.1 Å². The second-order valence-electron chi connectivity index (χ2n) is 18.1. The molecule has 0 fully saturated rings. The fourth-order valence-electron chi connectivity index (χ4n) is 8.08. The van der Waals surface area contributed by atoms with Crippen LogP contribution in [-0.4, -0.2) is 32.3 Å². The molecule has 0 nitrogen and oxygen atoms in total. The van der Waals surface area contributed by atoms with Crippen molar-refractivity contribution in [2.24, 2.45) is 0 Å². The monoisotopic (exact) mass is 832 g/mol. The van der Waals surface area contributed by atoms with Crippen LogP contribution in [0.25, 0.3) is 0 Å². The molecule has 0 heterocycles. The maximum Gasteiger partial charge on any atom is 4.00 e. The molecule has 3 aromatic carbocycles. The van der Waals surface area contributed by atoms with Crippen LogP contribution in [0.4, 0.5) is 0 Å². The first-order valence-electron chi connectivity index (χ1n) is 17.5. The normalized spacial score (nSPS) is 16.6. The van der Waals surface area contributed by atoms with E-state index in [0.29, 0.717) is 0 Å². The van der Waals surface area contributed by atoms with Gasteiger partial charge in [0.25, 0.3) is 0 Å². The minimum absolute atomic E-state index is 0. The van der Waals surface area contributed by atoms with E-state index in [2.05, 4.69) is 171 Å². The molecule has 0 saturated heterocycles. The van der Waals surface area contributed by atoms with Gasteiger partial charge in [-0.3, -0.25) is 6.08 Å². The van der Waals surface area contributed by atoms with Crippen molar-refractivity contribution in [1.82, 2.24) is 0 Å². The van der Waals surface area contributed by atoms with Gasteiger partial charge in [-0.2, -0.15) is 11.1 Å². The molecule has 272 valence electrons. The Morgan fingerprint density at radius 3 is 0.820 bits per heavy atom. The van der Waals surface area contributed by atoms with E-state index in [4.69, 9.17) is 0 Å². The molecule has 1 unspecified atom stereocenters. The molecule has 4 rings (SSSR count). The molecule has 1 atom stereocenters. The largest absolute Gasteiger partial charge is 4.00 e. The molecule has 0 radical (unpaired) electrons. The molecule has 3 aromatic rings. The summed E-state index contributed by atoms with van der Waals surface area (Å²) in [5.41, 5.74) is 12.9. The Labute approximate surface area is 345 Å².